The van der Waals surface area contributed by atoms with Gasteiger partial charge in [-0.2, -0.15) is 0 Å². The van der Waals surface area contributed by atoms with Gasteiger partial charge in [0, 0.05) is 4.88 Å². The van der Waals surface area contributed by atoms with Crippen LogP contribution in [-0.2, 0) is 6.42 Å². The summed E-state index contributed by atoms with van der Waals surface area (Å²) in [6, 6.07) is 2.13. The minimum atomic E-state index is 0.126. The van der Waals surface area contributed by atoms with Gasteiger partial charge in [-0.15, -0.1) is 11.3 Å². The highest BCUT2D eigenvalue weighted by Crippen LogP contribution is 2.18. The molecule has 60 valence electrons. The molecule has 2 heteroatoms. The smallest absolute Gasteiger partial charge is 0.0615 e. The van der Waals surface area contributed by atoms with Crippen molar-refractivity contribution in [2.45, 2.75) is 13.3 Å². The summed E-state index contributed by atoms with van der Waals surface area (Å²) >= 11 is 1.72. The van der Waals surface area contributed by atoms with E-state index in [0.717, 1.165) is 6.42 Å². The van der Waals surface area contributed by atoms with Crippen molar-refractivity contribution in [2.24, 2.45) is 0 Å². The summed E-state index contributed by atoms with van der Waals surface area (Å²) in [4.78, 5) is 1.27. The maximum Gasteiger partial charge on any atom is 0.0615 e. The number of hydrogen-bond acceptors (Lipinski definition) is 2. The second-order valence-corrected chi connectivity index (χ2v) is 3.20. The molecular formula is C9H12OS. The van der Waals surface area contributed by atoms with Crippen molar-refractivity contribution in [2.75, 3.05) is 6.61 Å². The third kappa shape index (κ3) is 2.17. The average molecular weight is 168 g/mol. The van der Waals surface area contributed by atoms with Crippen LogP contribution in [0, 0.1) is 0 Å². The molecule has 1 rings (SSSR count). The maximum atomic E-state index is 8.55. The molecule has 0 spiro atoms. The summed E-state index contributed by atoms with van der Waals surface area (Å²) in [5, 5.41) is 10.6. The minimum absolute atomic E-state index is 0.126. The molecule has 1 aromatic rings. The molecule has 0 fully saturated rings. The van der Waals surface area contributed by atoms with Gasteiger partial charge in [0.1, 0.15) is 0 Å². The van der Waals surface area contributed by atoms with Crippen LogP contribution in [-0.4, -0.2) is 11.7 Å². The Kier molecular flexibility index (Phi) is 3.33. The van der Waals surface area contributed by atoms with E-state index in [1.807, 2.05) is 6.08 Å². The SMILES string of the molecule is CCc1ccsc1/C=C/CO. The lowest BCUT2D eigenvalue weighted by atomic mass is 10.2. The molecule has 1 N–H and O–H groups in total. The van der Waals surface area contributed by atoms with E-state index in [1.54, 1.807) is 17.4 Å². The van der Waals surface area contributed by atoms with Gasteiger partial charge in [0.2, 0.25) is 0 Å². The van der Waals surface area contributed by atoms with Gasteiger partial charge in [0.05, 0.1) is 6.61 Å². The lowest BCUT2D eigenvalue weighted by molar-refractivity contribution is 0.343. The topological polar surface area (TPSA) is 20.2 Å². The van der Waals surface area contributed by atoms with Crippen LogP contribution in [0.2, 0.25) is 0 Å². The fourth-order valence-electron chi connectivity index (χ4n) is 0.945. The van der Waals surface area contributed by atoms with E-state index in [-0.39, 0.29) is 6.61 Å². The Bertz CT molecular complexity index is 237. The van der Waals surface area contributed by atoms with Crippen molar-refractivity contribution in [3.8, 4) is 0 Å². The zero-order valence-electron chi connectivity index (χ0n) is 6.58. The van der Waals surface area contributed by atoms with Gasteiger partial charge < -0.3 is 5.11 Å². The van der Waals surface area contributed by atoms with Crippen molar-refractivity contribution in [1.29, 1.82) is 0 Å². The van der Waals surface area contributed by atoms with Crippen LogP contribution in [0.4, 0.5) is 0 Å². The number of aliphatic hydroxyl groups excluding tert-OH is 1. The predicted molar refractivity (Wildman–Crippen MR) is 49.8 cm³/mol. The molecule has 0 bridgehead atoms. The second-order valence-electron chi connectivity index (χ2n) is 2.25. The van der Waals surface area contributed by atoms with Gasteiger partial charge in [-0.3, -0.25) is 0 Å². The van der Waals surface area contributed by atoms with E-state index in [2.05, 4.69) is 18.4 Å². The van der Waals surface area contributed by atoms with Gasteiger partial charge in [-0.1, -0.05) is 13.0 Å². The fraction of sp³-hybridized carbons (Fsp3) is 0.333. The Labute approximate surface area is 71.0 Å². The van der Waals surface area contributed by atoms with Crippen LogP contribution in [0.15, 0.2) is 17.5 Å². The van der Waals surface area contributed by atoms with Crippen LogP contribution in [0.25, 0.3) is 6.08 Å². The van der Waals surface area contributed by atoms with Gasteiger partial charge >= 0.3 is 0 Å². The first-order chi connectivity index (χ1) is 5.38. The van der Waals surface area contributed by atoms with Crippen molar-refractivity contribution in [3.05, 3.63) is 28.0 Å². The van der Waals surface area contributed by atoms with Crippen LogP contribution in [0.1, 0.15) is 17.4 Å². The Morgan fingerprint density at radius 3 is 3.09 bits per heavy atom. The molecule has 0 radical (unpaired) electrons. The normalized spacial score (nSPS) is 11.1. The van der Waals surface area contributed by atoms with E-state index in [4.69, 9.17) is 5.11 Å². The third-order valence-corrected chi connectivity index (χ3v) is 2.46. The molecule has 0 unspecified atom stereocenters. The molecule has 11 heavy (non-hydrogen) atoms. The highest BCUT2D eigenvalue weighted by Gasteiger charge is 1.96. The van der Waals surface area contributed by atoms with E-state index in [0.29, 0.717) is 0 Å². The molecule has 0 saturated heterocycles. The quantitative estimate of drug-likeness (QED) is 0.734. The van der Waals surface area contributed by atoms with Crippen LogP contribution >= 0.6 is 11.3 Å². The number of hydrogen-bond donors (Lipinski definition) is 1. The zero-order valence-corrected chi connectivity index (χ0v) is 7.40. The van der Waals surface area contributed by atoms with Crippen molar-refractivity contribution < 1.29 is 5.11 Å². The van der Waals surface area contributed by atoms with Gasteiger partial charge in [0.25, 0.3) is 0 Å². The van der Waals surface area contributed by atoms with Crippen LogP contribution < -0.4 is 0 Å². The molecule has 1 heterocycles. The first kappa shape index (κ1) is 8.50. The first-order valence-electron chi connectivity index (χ1n) is 3.72. The molecule has 0 aromatic carbocycles. The summed E-state index contributed by atoms with van der Waals surface area (Å²) in [7, 11) is 0. The second kappa shape index (κ2) is 4.31. The number of rotatable bonds is 3. The Morgan fingerprint density at radius 1 is 1.64 bits per heavy atom. The zero-order chi connectivity index (χ0) is 8.10. The summed E-state index contributed by atoms with van der Waals surface area (Å²) in [5.41, 5.74) is 1.36. The standard InChI is InChI=1S/C9H12OS/c1-2-8-5-7-11-9(8)4-3-6-10/h3-5,7,10H,2,6H2,1H3/b4-3+. The summed E-state index contributed by atoms with van der Waals surface area (Å²) in [6.07, 6.45) is 4.81. The third-order valence-electron chi connectivity index (χ3n) is 1.54. The minimum Gasteiger partial charge on any atom is -0.392 e. The summed E-state index contributed by atoms with van der Waals surface area (Å²) < 4.78 is 0. The molecule has 0 aliphatic heterocycles. The van der Waals surface area contributed by atoms with Gasteiger partial charge in [-0.25, -0.2) is 0 Å². The number of aryl methyl sites for hydroxylation is 1. The highest BCUT2D eigenvalue weighted by molar-refractivity contribution is 7.11. The largest absolute Gasteiger partial charge is 0.392 e. The molecule has 0 aliphatic carbocycles. The molecule has 1 aromatic heterocycles. The maximum absolute atomic E-state index is 8.55. The fourth-order valence-corrected chi connectivity index (χ4v) is 1.86. The number of thiophene rings is 1. The Morgan fingerprint density at radius 2 is 2.45 bits per heavy atom. The average Bonchev–Trinajstić information content (AvgIpc) is 2.47. The first-order valence-corrected chi connectivity index (χ1v) is 4.60. The monoisotopic (exact) mass is 168 g/mol. The van der Waals surface area contributed by atoms with Crippen molar-refractivity contribution >= 4 is 17.4 Å². The van der Waals surface area contributed by atoms with E-state index in [1.165, 1.54) is 10.4 Å². The Balaban J connectivity index is 2.76. The molecule has 1 nitrogen and oxygen atoms in total. The lowest BCUT2D eigenvalue weighted by Crippen LogP contribution is -1.77. The van der Waals surface area contributed by atoms with Gasteiger partial charge in [0.15, 0.2) is 0 Å². The Hall–Kier alpha value is -0.600. The van der Waals surface area contributed by atoms with E-state index < -0.39 is 0 Å². The highest BCUT2D eigenvalue weighted by atomic mass is 32.1. The molecule has 0 aliphatic rings. The number of aliphatic hydroxyl groups is 1. The predicted octanol–water partition coefficient (Wildman–Crippen LogP) is 2.32. The molecule has 0 saturated carbocycles. The molecular weight excluding hydrogens is 156 g/mol. The summed E-state index contributed by atoms with van der Waals surface area (Å²) in [5.74, 6) is 0. The molecule has 0 amide bonds. The van der Waals surface area contributed by atoms with Crippen molar-refractivity contribution in [3.63, 3.8) is 0 Å². The van der Waals surface area contributed by atoms with Crippen LogP contribution in [0.3, 0.4) is 0 Å². The van der Waals surface area contributed by atoms with E-state index >= 15 is 0 Å². The van der Waals surface area contributed by atoms with Gasteiger partial charge in [-0.05, 0) is 29.5 Å². The van der Waals surface area contributed by atoms with E-state index in [9.17, 15) is 0 Å². The molecule has 0 atom stereocenters. The lowest BCUT2D eigenvalue weighted by Gasteiger charge is -1.91. The van der Waals surface area contributed by atoms with Crippen LogP contribution in [0.5, 0.6) is 0 Å². The van der Waals surface area contributed by atoms with Crippen molar-refractivity contribution in [1.82, 2.24) is 0 Å². The summed E-state index contributed by atoms with van der Waals surface area (Å²) in [6.45, 7) is 2.26.